The number of hydrogen-bond acceptors (Lipinski definition) is 4. The number of piperidine rings is 2. The van der Waals surface area contributed by atoms with Gasteiger partial charge in [-0.2, -0.15) is 0 Å². The lowest BCUT2D eigenvalue weighted by molar-refractivity contribution is -0.0564. The highest BCUT2D eigenvalue weighted by molar-refractivity contribution is 6.33. The molecule has 0 saturated carbocycles. The van der Waals surface area contributed by atoms with Crippen LogP contribution in [0, 0.1) is 11.8 Å². The predicted molar refractivity (Wildman–Crippen MR) is 172 cm³/mol. The number of carbonyl (C=O) groups excluding carboxylic acids is 1. The number of aliphatic hydroxyl groups is 1. The van der Waals surface area contributed by atoms with Crippen LogP contribution < -0.4 is 10.6 Å². The van der Waals surface area contributed by atoms with Crippen molar-refractivity contribution in [2.45, 2.75) is 57.5 Å². The van der Waals surface area contributed by atoms with E-state index in [1.807, 2.05) is 46.2 Å². The van der Waals surface area contributed by atoms with Gasteiger partial charge in [-0.3, -0.25) is 0 Å². The third-order valence-corrected chi connectivity index (χ3v) is 9.40. The summed E-state index contributed by atoms with van der Waals surface area (Å²) in [7, 11) is 0. The second-order valence-corrected chi connectivity index (χ2v) is 12.3. The van der Waals surface area contributed by atoms with E-state index in [1.165, 1.54) is 5.56 Å². The van der Waals surface area contributed by atoms with Crippen molar-refractivity contribution in [2.24, 2.45) is 11.8 Å². The molecule has 2 aromatic carbocycles. The molecule has 3 amide bonds. The quantitative estimate of drug-likeness (QED) is 0.171. The van der Waals surface area contributed by atoms with E-state index in [-0.39, 0.29) is 18.5 Å². The highest BCUT2D eigenvalue weighted by Gasteiger charge is 2.43. The molecule has 2 unspecified atom stereocenters. The normalized spacial score (nSPS) is 19.1. The van der Waals surface area contributed by atoms with Crippen LogP contribution in [0.1, 0.15) is 56.6 Å². The second-order valence-electron chi connectivity index (χ2n) is 11.9. The molecule has 0 aromatic heterocycles. The Morgan fingerprint density at radius 2 is 1.88 bits per heavy atom. The summed E-state index contributed by atoms with van der Waals surface area (Å²) in [5.74, 6) is 0.317. The van der Waals surface area contributed by atoms with Gasteiger partial charge in [0.15, 0.2) is 0 Å². The Morgan fingerprint density at radius 1 is 1.12 bits per heavy atom. The van der Waals surface area contributed by atoms with Crippen LogP contribution >= 0.6 is 11.6 Å². The zero-order valence-corrected chi connectivity index (χ0v) is 26.1. The second kappa shape index (κ2) is 15.6. The zero-order chi connectivity index (χ0) is 30.8. The van der Waals surface area contributed by atoms with Crippen molar-refractivity contribution >= 4 is 23.7 Å². The summed E-state index contributed by atoms with van der Waals surface area (Å²) >= 11 is 6.86. The number of nitrogens with zero attached hydrogens (tertiary/aromatic N) is 2. The maximum Gasteiger partial charge on any atom is 0.404 e. The number of amides is 3. The van der Waals surface area contributed by atoms with Crippen LogP contribution in [0.4, 0.5) is 9.59 Å². The largest absolute Gasteiger partial charge is 0.465 e. The molecule has 43 heavy (non-hydrogen) atoms. The summed E-state index contributed by atoms with van der Waals surface area (Å²) in [5, 5.41) is 28.2. The number of halogens is 1. The Bertz CT molecular complexity index is 1250. The van der Waals surface area contributed by atoms with Crippen molar-refractivity contribution in [1.29, 1.82) is 0 Å². The van der Waals surface area contributed by atoms with Crippen molar-refractivity contribution < 1.29 is 19.8 Å². The monoisotopic (exact) mass is 610 g/mol. The summed E-state index contributed by atoms with van der Waals surface area (Å²) in [6.45, 7) is 10.4. The van der Waals surface area contributed by atoms with Crippen molar-refractivity contribution in [3.63, 3.8) is 0 Å². The van der Waals surface area contributed by atoms with Gasteiger partial charge >= 0.3 is 12.1 Å². The van der Waals surface area contributed by atoms with Crippen LogP contribution in [0.2, 0.25) is 5.02 Å². The SMILES string of the molecule is C=CCNCC1CCN(C(=O)N2CCCC(C(O)(CCCNC(=O)O)c3cccc(Cl)c3-c3cccc(CC)c3)C2)CC1. The van der Waals surface area contributed by atoms with Gasteiger partial charge in [-0.15, -0.1) is 6.58 Å². The average Bonchev–Trinajstić information content (AvgIpc) is 3.03. The third kappa shape index (κ3) is 8.31. The van der Waals surface area contributed by atoms with E-state index >= 15 is 0 Å². The Labute approximate surface area is 261 Å². The molecule has 2 aliphatic rings. The number of hydrogen-bond donors (Lipinski definition) is 4. The summed E-state index contributed by atoms with van der Waals surface area (Å²) in [4.78, 5) is 28.7. The summed E-state index contributed by atoms with van der Waals surface area (Å²) < 4.78 is 0. The number of carbonyl (C=O) groups is 2. The van der Waals surface area contributed by atoms with Crippen molar-refractivity contribution in [1.82, 2.24) is 20.4 Å². The van der Waals surface area contributed by atoms with Crippen molar-refractivity contribution in [3.8, 4) is 11.1 Å². The van der Waals surface area contributed by atoms with E-state index < -0.39 is 11.7 Å². The molecule has 4 rings (SSSR count). The Hall–Kier alpha value is -3.07. The minimum Gasteiger partial charge on any atom is -0.465 e. The molecular formula is C34H47ClN4O4. The molecule has 0 bridgehead atoms. The Morgan fingerprint density at radius 3 is 2.60 bits per heavy atom. The van der Waals surface area contributed by atoms with Gasteiger partial charge < -0.3 is 30.6 Å². The number of aryl methyl sites for hydroxylation is 1. The van der Waals surface area contributed by atoms with Crippen LogP contribution in [0.15, 0.2) is 55.1 Å². The van der Waals surface area contributed by atoms with E-state index in [4.69, 9.17) is 16.7 Å². The smallest absolute Gasteiger partial charge is 0.404 e. The minimum atomic E-state index is -1.31. The molecule has 2 heterocycles. The molecule has 4 N–H and O–H groups in total. The average molecular weight is 611 g/mol. The van der Waals surface area contributed by atoms with E-state index in [0.29, 0.717) is 36.9 Å². The summed E-state index contributed by atoms with van der Waals surface area (Å²) in [6.07, 6.45) is 5.92. The van der Waals surface area contributed by atoms with Gasteiger partial charge in [-0.05, 0) is 80.2 Å². The van der Waals surface area contributed by atoms with E-state index in [9.17, 15) is 14.7 Å². The summed E-state index contributed by atoms with van der Waals surface area (Å²) in [6, 6.07) is 13.9. The molecule has 2 saturated heterocycles. The number of nitrogens with one attached hydrogen (secondary N) is 2. The number of urea groups is 1. The highest BCUT2D eigenvalue weighted by atomic mass is 35.5. The first kappa shape index (κ1) is 32.8. The van der Waals surface area contributed by atoms with Gasteiger partial charge in [-0.1, -0.05) is 61.0 Å². The van der Waals surface area contributed by atoms with Crippen LogP contribution in [-0.2, 0) is 12.0 Å². The molecule has 2 atom stereocenters. The fraction of sp³-hybridized carbons (Fsp3) is 0.529. The molecule has 2 aromatic rings. The topological polar surface area (TPSA) is 105 Å². The van der Waals surface area contributed by atoms with Gasteiger partial charge in [0.2, 0.25) is 0 Å². The van der Waals surface area contributed by atoms with E-state index in [1.54, 1.807) is 0 Å². The predicted octanol–water partition coefficient (Wildman–Crippen LogP) is 6.12. The fourth-order valence-corrected chi connectivity index (χ4v) is 6.98. The lowest BCUT2D eigenvalue weighted by Gasteiger charge is -2.45. The van der Waals surface area contributed by atoms with Crippen LogP contribution in [-0.4, -0.2) is 78.0 Å². The number of likely N-dealkylation sites (tertiary alicyclic amines) is 2. The third-order valence-electron chi connectivity index (χ3n) is 9.09. The maximum atomic E-state index is 13.7. The van der Waals surface area contributed by atoms with Gasteiger partial charge in [0, 0.05) is 55.8 Å². The summed E-state index contributed by atoms with van der Waals surface area (Å²) in [5.41, 5.74) is 2.33. The molecular weight excluding hydrogens is 564 g/mol. The first-order valence-electron chi connectivity index (χ1n) is 15.7. The van der Waals surface area contributed by atoms with Crippen LogP contribution in [0.3, 0.4) is 0 Å². The molecule has 2 fully saturated rings. The van der Waals surface area contributed by atoms with Crippen LogP contribution in [0.25, 0.3) is 11.1 Å². The minimum absolute atomic E-state index is 0.0408. The molecule has 234 valence electrons. The van der Waals surface area contributed by atoms with Gasteiger partial charge in [-0.25, -0.2) is 9.59 Å². The van der Waals surface area contributed by atoms with E-state index in [2.05, 4.69) is 36.3 Å². The van der Waals surface area contributed by atoms with Gasteiger partial charge in [0.25, 0.3) is 0 Å². The number of benzene rings is 2. The molecule has 0 spiro atoms. The Kier molecular flexibility index (Phi) is 11.9. The zero-order valence-electron chi connectivity index (χ0n) is 25.4. The maximum absolute atomic E-state index is 13.7. The Balaban J connectivity index is 1.58. The standard InChI is InChI=1S/C34H47ClN4O4/c1-3-17-36-23-26-14-20-38(21-15-26)33(42)39-19-7-11-28(24-39)34(43,16-8-18-37-32(40)41)29-12-6-13-30(35)31(29)27-10-5-9-25(4-2)22-27/h3,5-6,9-10,12-13,22,26,28,36-37,43H,1,4,7-8,11,14-21,23-24H2,2H3,(H,40,41). The molecule has 9 heteroatoms. The van der Waals surface area contributed by atoms with Gasteiger partial charge in [0.05, 0.1) is 5.60 Å². The lowest BCUT2D eigenvalue weighted by Crippen LogP contribution is -2.53. The number of carboxylic acid groups (broad SMARTS) is 1. The van der Waals surface area contributed by atoms with Crippen molar-refractivity contribution in [3.05, 3.63) is 71.3 Å². The van der Waals surface area contributed by atoms with Crippen LogP contribution in [0.5, 0.6) is 0 Å². The fourth-order valence-electron chi connectivity index (χ4n) is 6.70. The molecule has 8 nitrogen and oxygen atoms in total. The number of rotatable bonds is 12. The van der Waals surface area contributed by atoms with Crippen molar-refractivity contribution in [2.75, 3.05) is 45.8 Å². The lowest BCUT2D eigenvalue weighted by atomic mass is 9.72. The molecule has 2 aliphatic heterocycles. The highest BCUT2D eigenvalue weighted by Crippen LogP contribution is 2.45. The van der Waals surface area contributed by atoms with E-state index in [0.717, 1.165) is 75.0 Å². The van der Waals surface area contributed by atoms with Gasteiger partial charge in [0.1, 0.15) is 0 Å². The first-order valence-corrected chi connectivity index (χ1v) is 16.1. The molecule has 0 radical (unpaired) electrons. The molecule has 0 aliphatic carbocycles. The first-order chi connectivity index (χ1) is 20.8.